The van der Waals surface area contributed by atoms with Gasteiger partial charge in [0.2, 0.25) is 0 Å². The molecule has 24 heavy (non-hydrogen) atoms. The molecular formula is C20H28N2O2+2. The summed E-state index contributed by atoms with van der Waals surface area (Å²) >= 11 is 0. The molecule has 2 heterocycles. The highest BCUT2D eigenvalue weighted by Gasteiger charge is 2.00. The molecule has 4 heteroatoms. The van der Waals surface area contributed by atoms with Gasteiger partial charge in [-0.2, -0.15) is 0 Å². The van der Waals surface area contributed by atoms with E-state index in [1.54, 1.807) is 0 Å². The van der Waals surface area contributed by atoms with E-state index in [0.717, 1.165) is 38.8 Å². The molecule has 2 aromatic rings. The number of nitrogens with zero attached hydrogens (tertiary/aromatic N) is 2. The van der Waals surface area contributed by atoms with Crippen LogP contribution in [0.1, 0.15) is 24.0 Å². The molecule has 0 aliphatic heterocycles. The van der Waals surface area contributed by atoms with Crippen molar-refractivity contribution in [2.24, 2.45) is 0 Å². The first kappa shape index (κ1) is 18.3. The van der Waals surface area contributed by atoms with Crippen LogP contribution in [0.5, 0.6) is 0 Å². The number of hydrogen-bond acceptors (Lipinski definition) is 2. The first-order valence-electron chi connectivity index (χ1n) is 8.64. The van der Waals surface area contributed by atoms with Gasteiger partial charge in [-0.3, -0.25) is 0 Å². The van der Waals surface area contributed by atoms with Gasteiger partial charge in [-0.05, 0) is 49.0 Å². The summed E-state index contributed by atoms with van der Waals surface area (Å²) in [4.78, 5) is 0. The molecule has 0 amide bonds. The van der Waals surface area contributed by atoms with Crippen molar-refractivity contribution in [2.45, 2.75) is 38.8 Å². The molecule has 0 radical (unpaired) electrons. The first-order chi connectivity index (χ1) is 11.8. The third-order valence-electron chi connectivity index (χ3n) is 3.97. The van der Waals surface area contributed by atoms with E-state index in [1.165, 1.54) is 11.1 Å². The van der Waals surface area contributed by atoms with E-state index in [1.807, 2.05) is 0 Å². The van der Waals surface area contributed by atoms with E-state index in [2.05, 4.69) is 70.3 Å². The van der Waals surface area contributed by atoms with Crippen LogP contribution in [0.3, 0.4) is 0 Å². The van der Waals surface area contributed by atoms with E-state index in [-0.39, 0.29) is 13.2 Å². The fraction of sp³-hybridized carbons (Fsp3) is 0.400. The Labute approximate surface area is 144 Å². The molecule has 0 aliphatic carbocycles. The van der Waals surface area contributed by atoms with Crippen LogP contribution in [0.2, 0.25) is 0 Å². The molecule has 0 spiro atoms. The lowest BCUT2D eigenvalue weighted by atomic mass is 10.1. The van der Waals surface area contributed by atoms with Gasteiger partial charge in [0.25, 0.3) is 0 Å². The third-order valence-corrected chi connectivity index (χ3v) is 3.97. The van der Waals surface area contributed by atoms with E-state index < -0.39 is 0 Å². The fourth-order valence-electron chi connectivity index (χ4n) is 2.51. The number of aryl methyl sites for hydroxylation is 2. The maximum Gasteiger partial charge on any atom is 0.169 e. The summed E-state index contributed by atoms with van der Waals surface area (Å²) in [7, 11) is 0. The summed E-state index contributed by atoms with van der Waals surface area (Å²) < 4.78 is 4.28. The lowest BCUT2D eigenvalue weighted by molar-refractivity contribution is -0.691. The molecule has 0 aliphatic rings. The van der Waals surface area contributed by atoms with Crippen LogP contribution in [0.25, 0.3) is 0 Å². The molecule has 2 aromatic heterocycles. The van der Waals surface area contributed by atoms with Crippen molar-refractivity contribution in [3.05, 3.63) is 72.3 Å². The van der Waals surface area contributed by atoms with Gasteiger partial charge in [0.05, 0.1) is 0 Å². The lowest BCUT2D eigenvalue weighted by Crippen LogP contribution is -2.33. The Balaban J connectivity index is 1.75. The molecule has 0 aromatic carbocycles. The van der Waals surface area contributed by atoms with E-state index in [4.69, 9.17) is 10.2 Å². The Kier molecular flexibility index (Phi) is 8.15. The highest BCUT2D eigenvalue weighted by atomic mass is 16.3. The quantitative estimate of drug-likeness (QED) is 0.511. The van der Waals surface area contributed by atoms with Crippen LogP contribution in [0, 0.1) is 0 Å². The largest absolute Gasteiger partial charge is 0.396 e. The zero-order valence-corrected chi connectivity index (χ0v) is 14.2. The number of allylic oxidation sites excluding steroid dienone is 2. The number of aliphatic hydroxyl groups is 2. The van der Waals surface area contributed by atoms with Gasteiger partial charge in [-0.15, -0.1) is 0 Å². The average molecular weight is 328 g/mol. The molecule has 0 atom stereocenters. The minimum Gasteiger partial charge on any atom is -0.396 e. The Hall–Kier alpha value is -2.04. The SMILES string of the molecule is OCCCc1cc[n+](C/C=C/C[n+]2ccc(CCCO)cc2)cc1. The predicted molar refractivity (Wildman–Crippen MR) is 93.2 cm³/mol. The van der Waals surface area contributed by atoms with Gasteiger partial charge in [-0.25, -0.2) is 9.13 Å². The second-order valence-corrected chi connectivity index (χ2v) is 5.93. The topological polar surface area (TPSA) is 48.2 Å². The monoisotopic (exact) mass is 328 g/mol. The fourth-order valence-corrected chi connectivity index (χ4v) is 2.51. The molecule has 0 bridgehead atoms. The number of aliphatic hydroxyl groups excluding tert-OH is 2. The number of rotatable bonds is 10. The Morgan fingerprint density at radius 2 is 1.04 bits per heavy atom. The summed E-state index contributed by atoms with van der Waals surface area (Å²) in [5.41, 5.74) is 2.53. The van der Waals surface area contributed by atoms with Gasteiger partial charge in [0, 0.05) is 37.5 Å². The first-order valence-corrected chi connectivity index (χ1v) is 8.64. The Morgan fingerprint density at radius 3 is 1.38 bits per heavy atom. The summed E-state index contributed by atoms with van der Waals surface area (Å²) in [5.74, 6) is 0. The summed E-state index contributed by atoms with van der Waals surface area (Å²) in [6, 6.07) is 8.46. The molecule has 4 nitrogen and oxygen atoms in total. The molecule has 2 N–H and O–H groups in total. The standard InChI is InChI=1S/C20H28N2O2/c23-17-3-5-19-7-13-21(14-8-19)11-1-2-12-22-15-9-20(10-16-22)6-4-18-24/h1-2,7-10,13-16,23-24H,3-6,11-12,17-18H2/q+2/b2-1+. The third kappa shape index (κ3) is 6.60. The van der Waals surface area contributed by atoms with Crippen LogP contribution >= 0.6 is 0 Å². The van der Waals surface area contributed by atoms with Gasteiger partial charge >= 0.3 is 0 Å². The van der Waals surface area contributed by atoms with Crippen molar-refractivity contribution in [1.82, 2.24) is 0 Å². The molecule has 128 valence electrons. The molecule has 0 saturated carbocycles. The number of aromatic nitrogens is 2. The van der Waals surface area contributed by atoms with E-state index in [0.29, 0.717) is 0 Å². The molecule has 0 fully saturated rings. The maximum absolute atomic E-state index is 8.85. The zero-order valence-electron chi connectivity index (χ0n) is 14.2. The molecule has 2 rings (SSSR count). The smallest absolute Gasteiger partial charge is 0.169 e. The Morgan fingerprint density at radius 1 is 0.667 bits per heavy atom. The Bertz CT molecular complexity index is 551. The average Bonchev–Trinajstić information content (AvgIpc) is 2.64. The van der Waals surface area contributed by atoms with Crippen LogP contribution in [-0.4, -0.2) is 23.4 Å². The van der Waals surface area contributed by atoms with Crippen LogP contribution in [0.15, 0.2) is 61.2 Å². The highest BCUT2D eigenvalue weighted by Crippen LogP contribution is 2.00. The van der Waals surface area contributed by atoms with Crippen molar-refractivity contribution in [1.29, 1.82) is 0 Å². The van der Waals surface area contributed by atoms with Gasteiger partial charge in [0.15, 0.2) is 37.9 Å². The summed E-state index contributed by atoms with van der Waals surface area (Å²) in [5, 5.41) is 17.7. The van der Waals surface area contributed by atoms with E-state index >= 15 is 0 Å². The van der Waals surface area contributed by atoms with Gasteiger partial charge in [-0.1, -0.05) is 0 Å². The van der Waals surface area contributed by atoms with E-state index in [9.17, 15) is 0 Å². The van der Waals surface area contributed by atoms with Crippen molar-refractivity contribution >= 4 is 0 Å². The predicted octanol–water partition coefficient (Wildman–Crippen LogP) is 1.37. The minimum atomic E-state index is 0.248. The van der Waals surface area contributed by atoms with Crippen LogP contribution < -0.4 is 9.13 Å². The molecule has 0 unspecified atom stereocenters. The van der Waals surface area contributed by atoms with Crippen LogP contribution in [0.4, 0.5) is 0 Å². The summed E-state index contributed by atoms with van der Waals surface area (Å²) in [6.07, 6.45) is 16.2. The number of hydrogen-bond donors (Lipinski definition) is 2. The lowest BCUT2D eigenvalue weighted by Gasteiger charge is -1.98. The van der Waals surface area contributed by atoms with Crippen molar-refractivity contribution in [3.63, 3.8) is 0 Å². The van der Waals surface area contributed by atoms with Crippen molar-refractivity contribution in [2.75, 3.05) is 13.2 Å². The second-order valence-electron chi connectivity index (χ2n) is 5.93. The zero-order chi connectivity index (χ0) is 17.0. The highest BCUT2D eigenvalue weighted by molar-refractivity contribution is 5.07. The summed E-state index contributed by atoms with van der Waals surface area (Å²) in [6.45, 7) is 2.21. The molecule has 0 saturated heterocycles. The normalized spacial score (nSPS) is 11.2. The molecular weight excluding hydrogens is 300 g/mol. The second kappa shape index (κ2) is 10.7. The number of pyridine rings is 2. The van der Waals surface area contributed by atoms with Crippen molar-refractivity contribution < 1.29 is 19.3 Å². The maximum atomic E-state index is 8.85. The van der Waals surface area contributed by atoms with Gasteiger partial charge in [0.1, 0.15) is 0 Å². The van der Waals surface area contributed by atoms with Crippen LogP contribution in [-0.2, 0) is 25.9 Å². The van der Waals surface area contributed by atoms with Crippen molar-refractivity contribution in [3.8, 4) is 0 Å². The van der Waals surface area contributed by atoms with Gasteiger partial charge < -0.3 is 10.2 Å². The minimum absolute atomic E-state index is 0.248.